The van der Waals surface area contributed by atoms with Crippen molar-refractivity contribution in [2.45, 2.75) is 46.1 Å². The Morgan fingerprint density at radius 2 is 2.10 bits per heavy atom. The van der Waals surface area contributed by atoms with Crippen LogP contribution >= 0.6 is 0 Å². The minimum absolute atomic E-state index is 0.393. The van der Waals surface area contributed by atoms with Crippen LogP contribution in [0.15, 0.2) is 18.3 Å². The summed E-state index contributed by atoms with van der Waals surface area (Å²) in [4.78, 5) is 11.3. The number of carbonyl (C=O) groups is 1. The largest absolute Gasteiger partial charge is 0.478 e. The number of hydrogen-bond donors (Lipinski definition) is 2. The van der Waals surface area contributed by atoms with Crippen LogP contribution in [0, 0.1) is 6.92 Å². The van der Waals surface area contributed by atoms with Crippen molar-refractivity contribution in [3.05, 3.63) is 35.0 Å². The first-order valence-electron chi connectivity index (χ1n) is 7.64. The van der Waals surface area contributed by atoms with E-state index in [1.165, 1.54) is 5.56 Å². The zero-order valence-corrected chi connectivity index (χ0v) is 12.9. The summed E-state index contributed by atoms with van der Waals surface area (Å²) >= 11 is 0. The van der Waals surface area contributed by atoms with Crippen molar-refractivity contribution in [1.29, 1.82) is 0 Å². The zero-order valence-electron chi connectivity index (χ0n) is 12.9. The molecular formula is C17H24N2O2. The highest BCUT2D eigenvalue weighted by molar-refractivity contribution is 5.96. The molecule has 2 rings (SSSR count). The standard InChI is InChI=1S/C17H24N2O2/c1-3-4-8-19-11-13(6-5-7-18)15-10-14(17(20)21)12(2)9-16(15)19/h9-11H,3-8,18H2,1-2H3,(H,20,21). The predicted octanol–water partition coefficient (Wildman–Crippen LogP) is 3.34. The maximum atomic E-state index is 11.3. The maximum absolute atomic E-state index is 11.3. The summed E-state index contributed by atoms with van der Waals surface area (Å²) in [6, 6.07) is 3.82. The summed E-state index contributed by atoms with van der Waals surface area (Å²) in [6.45, 7) is 5.66. The van der Waals surface area contributed by atoms with E-state index in [0.717, 1.165) is 48.7 Å². The Kier molecular flexibility index (Phi) is 5.02. The minimum Gasteiger partial charge on any atom is -0.478 e. The van der Waals surface area contributed by atoms with Gasteiger partial charge >= 0.3 is 5.97 Å². The molecule has 114 valence electrons. The lowest BCUT2D eigenvalue weighted by atomic mass is 10.0. The molecule has 1 heterocycles. The molecule has 3 N–H and O–H groups in total. The molecule has 0 atom stereocenters. The number of aromatic nitrogens is 1. The Balaban J connectivity index is 2.54. The SMILES string of the molecule is CCCCn1cc(CCCN)c2cc(C(=O)O)c(C)cc21. The van der Waals surface area contributed by atoms with Crippen LogP contribution in [-0.4, -0.2) is 22.2 Å². The van der Waals surface area contributed by atoms with E-state index in [1.54, 1.807) is 0 Å². The number of carboxylic acids is 1. The average Bonchev–Trinajstić information content (AvgIpc) is 2.78. The number of nitrogens with two attached hydrogens (primary N) is 1. The van der Waals surface area contributed by atoms with Gasteiger partial charge in [0.05, 0.1) is 5.56 Å². The molecule has 0 amide bonds. The third-order valence-electron chi connectivity index (χ3n) is 3.94. The molecule has 0 saturated carbocycles. The molecule has 2 aromatic rings. The Morgan fingerprint density at radius 1 is 1.33 bits per heavy atom. The Hall–Kier alpha value is -1.81. The van der Waals surface area contributed by atoms with Crippen molar-refractivity contribution >= 4 is 16.9 Å². The number of benzene rings is 1. The van der Waals surface area contributed by atoms with Crippen LogP contribution in [0.25, 0.3) is 10.9 Å². The molecule has 0 fully saturated rings. The summed E-state index contributed by atoms with van der Waals surface area (Å²) in [6.07, 6.45) is 6.25. The smallest absolute Gasteiger partial charge is 0.335 e. The quantitative estimate of drug-likeness (QED) is 0.821. The lowest BCUT2D eigenvalue weighted by molar-refractivity contribution is 0.0696. The van der Waals surface area contributed by atoms with Crippen LogP contribution in [0.1, 0.15) is 47.7 Å². The molecular weight excluding hydrogens is 264 g/mol. The van der Waals surface area contributed by atoms with Gasteiger partial charge in [0.2, 0.25) is 0 Å². The number of rotatable bonds is 7. The molecule has 0 unspecified atom stereocenters. The van der Waals surface area contributed by atoms with Crippen molar-refractivity contribution in [3.8, 4) is 0 Å². The third-order valence-corrected chi connectivity index (χ3v) is 3.94. The fourth-order valence-electron chi connectivity index (χ4n) is 2.75. The van der Waals surface area contributed by atoms with E-state index in [-0.39, 0.29) is 0 Å². The van der Waals surface area contributed by atoms with Gasteiger partial charge < -0.3 is 15.4 Å². The number of carboxylic acid groups (broad SMARTS) is 1. The Bertz CT molecular complexity index is 644. The summed E-state index contributed by atoms with van der Waals surface area (Å²) < 4.78 is 2.25. The normalized spacial score (nSPS) is 11.2. The van der Waals surface area contributed by atoms with Crippen molar-refractivity contribution in [2.75, 3.05) is 6.54 Å². The van der Waals surface area contributed by atoms with Gasteiger partial charge in [-0.2, -0.15) is 0 Å². The molecule has 4 heteroatoms. The monoisotopic (exact) mass is 288 g/mol. The summed E-state index contributed by atoms with van der Waals surface area (Å²) in [7, 11) is 0. The number of hydrogen-bond acceptors (Lipinski definition) is 2. The van der Waals surface area contributed by atoms with E-state index in [4.69, 9.17) is 5.73 Å². The molecule has 0 spiro atoms. The van der Waals surface area contributed by atoms with Gasteiger partial charge in [-0.3, -0.25) is 0 Å². The van der Waals surface area contributed by atoms with Crippen molar-refractivity contribution in [3.63, 3.8) is 0 Å². The molecule has 4 nitrogen and oxygen atoms in total. The molecule has 0 radical (unpaired) electrons. The van der Waals surface area contributed by atoms with E-state index >= 15 is 0 Å². The van der Waals surface area contributed by atoms with Crippen molar-refractivity contribution in [1.82, 2.24) is 4.57 Å². The number of fused-ring (bicyclic) bond motifs is 1. The van der Waals surface area contributed by atoms with E-state index in [9.17, 15) is 9.90 Å². The molecule has 1 aromatic carbocycles. The van der Waals surface area contributed by atoms with Crippen molar-refractivity contribution < 1.29 is 9.90 Å². The van der Waals surface area contributed by atoms with E-state index in [0.29, 0.717) is 12.1 Å². The van der Waals surface area contributed by atoms with Gasteiger partial charge in [0.1, 0.15) is 0 Å². The Labute approximate surface area is 125 Å². The summed E-state index contributed by atoms with van der Waals surface area (Å²) in [5, 5.41) is 10.4. The highest BCUT2D eigenvalue weighted by atomic mass is 16.4. The van der Waals surface area contributed by atoms with E-state index < -0.39 is 5.97 Å². The topological polar surface area (TPSA) is 68.2 Å². The second-order valence-corrected chi connectivity index (χ2v) is 5.58. The lowest BCUT2D eigenvalue weighted by Crippen LogP contribution is -2.01. The van der Waals surface area contributed by atoms with Crippen LogP contribution in [0.4, 0.5) is 0 Å². The third kappa shape index (κ3) is 3.27. The molecule has 0 saturated heterocycles. The van der Waals surface area contributed by atoms with E-state index in [1.807, 2.05) is 19.1 Å². The molecule has 0 aliphatic rings. The fourth-order valence-corrected chi connectivity index (χ4v) is 2.75. The van der Waals surface area contributed by atoms with Gasteiger partial charge in [-0.15, -0.1) is 0 Å². The minimum atomic E-state index is -0.861. The maximum Gasteiger partial charge on any atom is 0.335 e. The number of nitrogens with zero attached hydrogens (tertiary/aromatic N) is 1. The van der Waals surface area contributed by atoms with E-state index in [2.05, 4.69) is 17.7 Å². The first kappa shape index (κ1) is 15.6. The number of unbranched alkanes of at least 4 members (excludes halogenated alkanes) is 1. The van der Waals surface area contributed by atoms with Gasteiger partial charge in [0.25, 0.3) is 0 Å². The first-order valence-corrected chi connectivity index (χ1v) is 7.64. The average molecular weight is 288 g/mol. The van der Waals surface area contributed by atoms with Gasteiger partial charge in [0.15, 0.2) is 0 Å². The second kappa shape index (κ2) is 6.76. The van der Waals surface area contributed by atoms with Gasteiger partial charge in [-0.05, 0) is 56.0 Å². The van der Waals surface area contributed by atoms with Gasteiger partial charge in [-0.25, -0.2) is 4.79 Å². The zero-order chi connectivity index (χ0) is 15.4. The van der Waals surface area contributed by atoms with Crippen molar-refractivity contribution in [2.24, 2.45) is 5.73 Å². The van der Waals surface area contributed by atoms with Crippen LogP contribution < -0.4 is 5.73 Å². The first-order chi connectivity index (χ1) is 10.1. The molecule has 1 aromatic heterocycles. The predicted molar refractivity (Wildman–Crippen MR) is 85.9 cm³/mol. The highest BCUT2D eigenvalue weighted by Gasteiger charge is 2.14. The van der Waals surface area contributed by atoms with Gasteiger partial charge in [0, 0.05) is 23.6 Å². The molecule has 21 heavy (non-hydrogen) atoms. The van der Waals surface area contributed by atoms with Crippen LogP contribution in [-0.2, 0) is 13.0 Å². The summed E-state index contributed by atoms with van der Waals surface area (Å²) in [5.74, 6) is -0.861. The Morgan fingerprint density at radius 3 is 2.71 bits per heavy atom. The van der Waals surface area contributed by atoms with Crippen LogP contribution in [0.2, 0.25) is 0 Å². The van der Waals surface area contributed by atoms with Crippen LogP contribution in [0.3, 0.4) is 0 Å². The van der Waals surface area contributed by atoms with Gasteiger partial charge in [-0.1, -0.05) is 13.3 Å². The van der Waals surface area contributed by atoms with Crippen LogP contribution in [0.5, 0.6) is 0 Å². The summed E-state index contributed by atoms with van der Waals surface area (Å²) in [5.41, 5.74) is 9.16. The second-order valence-electron chi connectivity index (χ2n) is 5.58. The number of aryl methyl sites for hydroxylation is 3. The highest BCUT2D eigenvalue weighted by Crippen LogP contribution is 2.27. The molecule has 0 bridgehead atoms. The lowest BCUT2D eigenvalue weighted by Gasteiger charge is -2.06. The number of aromatic carboxylic acids is 1. The fraction of sp³-hybridized carbons (Fsp3) is 0.471. The molecule has 0 aliphatic carbocycles. The molecule has 0 aliphatic heterocycles.